The van der Waals surface area contributed by atoms with Gasteiger partial charge in [0.2, 0.25) is 22.5 Å². The van der Waals surface area contributed by atoms with Crippen LogP contribution in [0.4, 0.5) is 0 Å². The molecular formula is C70H57N4O3+3. The molecule has 8 aromatic carbocycles. The lowest BCUT2D eigenvalue weighted by atomic mass is 9.98. The smallest absolute Gasteiger partial charge is 0.256 e. The lowest BCUT2D eigenvalue weighted by Crippen LogP contribution is -2.31. The topological polar surface area (TPSA) is 64.0 Å². The Labute approximate surface area is 446 Å². The predicted octanol–water partition coefficient (Wildman–Crippen LogP) is 16.6. The number of furan rings is 3. The first-order chi connectivity index (χ1) is 37.5. The van der Waals surface area contributed by atoms with Crippen LogP contribution in [0.25, 0.3) is 132 Å². The first-order valence-electron chi connectivity index (χ1n) is 26.3. The average Bonchev–Trinajstić information content (AvgIpc) is 4.18. The highest BCUT2D eigenvalue weighted by atomic mass is 16.3. The number of nitrogens with zero attached hydrogens (tertiary/aromatic N) is 4. The molecule has 0 amide bonds. The first-order valence-corrected chi connectivity index (χ1v) is 26.3. The van der Waals surface area contributed by atoms with Gasteiger partial charge in [-0.1, -0.05) is 133 Å². The van der Waals surface area contributed by atoms with Crippen LogP contribution in [0.3, 0.4) is 0 Å². The molecule has 0 radical (unpaired) electrons. The van der Waals surface area contributed by atoms with Gasteiger partial charge in [0.15, 0.2) is 18.6 Å². The summed E-state index contributed by atoms with van der Waals surface area (Å²) >= 11 is 0. The molecule has 7 heteroatoms. The lowest BCUT2D eigenvalue weighted by molar-refractivity contribution is -0.659. The number of benzene rings is 8. The minimum atomic E-state index is 0.690. The van der Waals surface area contributed by atoms with Crippen LogP contribution in [0.5, 0.6) is 0 Å². The van der Waals surface area contributed by atoms with Crippen molar-refractivity contribution in [2.24, 2.45) is 21.1 Å². The molecule has 0 unspecified atom stereocenters. The molecule has 0 saturated carbocycles. The number of aryl methyl sites for hydroxylation is 8. The second-order valence-corrected chi connectivity index (χ2v) is 20.6. The quantitative estimate of drug-likeness (QED) is 0.165. The number of rotatable bonds is 3. The third-order valence-corrected chi connectivity index (χ3v) is 15.5. The van der Waals surface area contributed by atoms with E-state index in [2.05, 4.69) is 252 Å². The van der Waals surface area contributed by atoms with Gasteiger partial charge < -0.3 is 13.3 Å². The van der Waals surface area contributed by atoms with Crippen molar-refractivity contribution in [3.63, 3.8) is 0 Å². The zero-order valence-electron chi connectivity index (χ0n) is 44.6. The van der Waals surface area contributed by atoms with Gasteiger partial charge in [-0.15, -0.1) is 0 Å². The van der Waals surface area contributed by atoms with Crippen molar-refractivity contribution in [2.75, 3.05) is 0 Å². The van der Waals surface area contributed by atoms with Crippen LogP contribution in [0.1, 0.15) is 27.8 Å². The fraction of sp³-hybridized carbons (Fsp3) is 0.114. The lowest BCUT2D eigenvalue weighted by Gasteiger charge is -2.07. The highest BCUT2D eigenvalue weighted by Gasteiger charge is 2.27. The minimum absolute atomic E-state index is 0.690. The van der Waals surface area contributed by atoms with Crippen molar-refractivity contribution >= 4 is 98.4 Å². The highest BCUT2D eigenvalue weighted by Crippen LogP contribution is 2.42. The van der Waals surface area contributed by atoms with E-state index in [-0.39, 0.29) is 0 Å². The molecule has 372 valence electrons. The predicted molar refractivity (Wildman–Crippen MR) is 315 cm³/mol. The average molecular weight is 1000 g/mol. The van der Waals surface area contributed by atoms with Crippen molar-refractivity contribution < 1.29 is 27.0 Å². The molecule has 7 aromatic heterocycles. The van der Waals surface area contributed by atoms with Crippen LogP contribution >= 0.6 is 0 Å². The Bertz CT molecular complexity index is 4860. The van der Waals surface area contributed by atoms with Gasteiger partial charge >= 0.3 is 0 Å². The van der Waals surface area contributed by atoms with Crippen molar-refractivity contribution in [1.82, 2.24) is 4.98 Å². The number of hydrogen-bond acceptors (Lipinski definition) is 4. The summed E-state index contributed by atoms with van der Waals surface area (Å²) in [5.41, 5.74) is 19.5. The van der Waals surface area contributed by atoms with Gasteiger partial charge in [-0.3, -0.25) is 0 Å². The summed E-state index contributed by atoms with van der Waals surface area (Å²) in [6.45, 7) is 10.8. The largest absolute Gasteiger partial charge is 0.449 e. The Morgan fingerprint density at radius 3 is 1.52 bits per heavy atom. The van der Waals surface area contributed by atoms with Crippen LogP contribution in [-0.4, -0.2) is 4.98 Å². The maximum Gasteiger partial charge on any atom is 0.256 e. The van der Waals surface area contributed by atoms with E-state index in [1.54, 1.807) is 0 Å². The summed E-state index contributed by atoms with van der Waals surface area (Å²) < 4.78 is 25.5. The molecule has 0 bridgehead atoms. The Kier molecular flexibility index (Phi) is 11.5. The van der Waals surface area contributed by atoms with E-state index >= 15 is 0 Å². The molecule has 15 rings (SSSR count). The van der Waals surface area contributed by atoms with Crippen molar-refractivity contribution in [3.8, 4) is 33.8 Å². The van der Waals surface area contributed by atoms with Gasteiger partial charge in [0.05, 0.1) is 22.2 Å². The number of para-hydroxylation sites is 1. The SMILES string of the molecule is Cc1ccc(-c2c3oc4ccc5ccccc5c4c3c(C)c[n+]2C)c(C)c1.Cc1ccccc1-c1c2oc3ccc4ccccc4c3c2cc[n+]1C.Cc1ccccc1-c1c2oc3nc4ccccc4cc3c2cc[n+]1C. The summed E-state index contributed by atoms with van der Waals surface area (Å²) in [6.07, 6.45) is 6.43. The molecular weight excluding hydrogens is 945 g/mol. The van der Waals surface area contributed by atoms with E-state index < -0.39 is 0 Å². The number of fused-ring (bicyclic) bond motifs is 14. The zero-order chi connectivity index (χ0) is 52.6. The normalized spacial score (nSPS) is 11.6. The zero-order valence-corrected chi connectivity index (χ0v) is 44.6. The van der Waals surface area contributed by atoms with Gasteiger partial charge in [-0.2, -0.15) is 13.7 Å². The van der Waals surface area contributed by atoms with Gasteiger partial charge in [0.25, 0.3) is 17.1 Å². The monoisotopic (exact) mass is 1000 g/mol. The molecule has 15 aromatic rings. The molecule has 0 fully saturated rings. The van der Waals surface area contributed by atoms with Crippen LogP contribution < -0.4 is 13.7 Å². The second-order valence-electron chi connectivity index (χ2n) is 20.6. The first kappa shape index (κ1) is 47.3. The summed E-state index contributed by atoms with van der Waals surface area (Å²) in [4.78, 5) is 4.73. The molecule has 7 heterocycles. The number of hydrogen-bond donors (Lipinski definition) is 0. The van der Waals surface area contributed by atoms with E-state index in [9.17, 15) is 0 Å². The highest BCUT2D eigenvalue weighted by molar-refractivity contribution is 6.22. The Balaban J connectivity index is 0.000000110. The molecule has 0 aliphatic heterocycles. The van der Waals surface area contributed by atoms with Gasteiger partial charge in [0.1, 0.15) is 32.3 Å². The van der Waals surface area contributed by atoms with E-state index in [1.165, 1.54) is 87.6 Å². The Hall–Kier alpha value is -9.46. The van der Waals surface area contributed by atoms with Crippen molar-refractivity contribution in [1.29, 1.82) is 0 Å². The fourth-order valence-corrected chi connectivity index (χ4v) is 11.7. The van der Waals surface area contributed by atoms with Crippen LogP contribution in [0.2, 0.25) is 0 Å². The molecule has 0 atom stereocenters. The van der Waals surface area contributed by atoms with E-state index in [0.29, 0.717) is 5.71 Å². The molecule has 7 nitrogen and oxygen atoms in total. The van der Waals surface area contributed by atoms with Gasteiger partial charge in [0, 0.05) is 55.4 Å². The van der Waals surface area contributed by atoms with Crippen LogP contribution in [-0.2, 0) is 21.1 Å². The fourth-order valence-electron chi connectivity index (χ4n) is 11.7. The maximum atomic E-state index is 6.47. The molecule has 0 aliphatic carbocycles. The summed E-state index contributed by atoms with van der Waals surface area (Å²) in [5, 5.41) is 13.1. The molecule has 0 spiro atoms. The van der Waals surface area contributed by atoms with Crippen LogP contribution in [0, 0.1) is 34.6 Å². The minimum Gasteiger partial charge on any atom is -0.449 e. The Morgan fingerprint density at radius 1 is 0.351 bits per heavy atom. The third kappa shape index (κ3) is 7.97. The van der Waals surface area contributed by atoms with E-state index in [0.717, 1.165) is 66.7 Å². The van der Waals surface area contributed by atoms with Gasteiger partial charge in [-0.25, -0.2) is 4.98 Å². The van der Waals surface area contributed by atoms with E-state index in [4.69, 9.17) is 18.2 Å². The maximum absolute atomic E-state index is 6.47. The number of aromatic nitrogens is 4. The number of pyridine rings is 4. The molecule has 0 aliphatic rings. The molecule has 0 N–H and O–H groups in total. The molecule has 77 heavy (non-hydrogen) atoms. The van der Waals surface area contributed by atoms with E-state index in [1.807, 2.05) is 18.2 Å². The third-order valence-electron chi connectivity index (χ3n) is 15.5. The van der Waals surface area contributed by atoms with Crippen molar-refractivity contribution in [2.45, 2.75) is 34.6 Å². The summed E-state index contributed by atoms with van der Waals surface area (Å²) in [5.74, 6) is 0. The summed E-state index contributed by atoms with van der Waals surface area (Å²) in [6, 6.07) is 63.6. The van der Waals surface area contributed by atoms with Crippen molar-refractivity contribution in [3.05, 3.63) is 228 Å². The van der Waals surface area contributed by atoms with Gasteiger partial charge in [-0.05, 0) is 115 Å². The standard InChI is InChI=1S/C25H22NO.C23H18NO.C22H17N2O/c1-15-9-11-19(16(2)13-15)24-25-22(17(3)14-26(24)4)23-20-8-6-5-7-18(20)10-12-21(23)27-25;1-15-7-3-5-9-17(15)22-23-19(13-14-24(22)2)21-18-10-6-4-8-16(18)11-12-20(21)25-23;1-14-7-3-5-9-16(14)20-21-17(11-12-24(20)2)18-13-15-8-4-6-10-19(15)23-22(18)25-21/h5-14H,1-4H3;3-14H,1-2H3;3-13H,1-2H3/q3*+1. The summed E-state index contributed by atoms with van der Waals surface area (Å²) in [7, 11) is 6.23. The van der Waals surface area contributed by atoms with Crippen LogP contribution in [0.15, 0.2) is 214 Å². The second kappa shape index (κ2) is 18.7. The Morgan fingerprint density at radius 2 is 0.870 bits per heavy atom. The molecule has 0 saturated heterocycles.